The van der Waals surface area contributed by atoms with Crippen molar-refractivity contribution in [3.05, 3.63) is 53.8 Å². The molecule has 1 aliphatic rings. The van der Waals surface area contributed by atoms with E-state index in [0.717, 1.165) is 5.01 Å². The summed E-state index contributed by atoms with van der Waals surface area (Å²) in [5.41, 5.74) is 2.99. The van der Waals surface area contributed by atoms with Gasteiger partial charge in [0, 0.05) is 23.7 Å². The molecular formula is C22H22FN3O7. The highest BCUT2D eigenvalue weighted by Crippen LogP contribution is 2.23. The first kappa shape index (κ1) is 23.5. The van der Waals surface area contributed by atoms with Gasteiger partial charge in [-0.15, -0.1) is 0 Å². The van der Waals surface area contributed by atoms with Crippen LogP contribution >= 0.6 is 0 Å². The lowest BCUT2D eigenvalue weighted by Crippen LogP contribution is -2.43. The zero-order chi connectivity index (χ0) is 24.0. The fraction of sp³-hybridized carbons (Fsp3) is 0.273. The number of nitrogens with zero attached hydrogens (tertiary/aromatic N) is 1. The Balaban J connectivity index is 1.52. The zero-order valence-corrected chi connectivity index (χ0v) is 17.9. The fourth-order valence-corrected chi connectivity index (χ4v) is 3.08. The predicted molar refractivity (Wildman–Crippen MR) is 113 cm³/mol. The number of carbonyl (C=O) groups excluding carboxylic acids is 4. The quantitative estimate of drug-likeness (QED) is 0.574. The van der Waals surface area contributed by atoms with Crippen LogP contribution in [0.4, 0.5) is 10.1 Å². The maximum absolute atomic E-state index is 12.9. The summed E-state index contributed by atoms with van der Waals surface area (Å²) in [7, 11) is 2.88. The largest absolute Gasteiger partial charge is 0.497 e. The van der Waals surface area contributed by atoms with Gasteiger partial charge in [0.2, 0.25) is 5.91 Å². The molecule has 1 atom stereocenters. The molecule has 0 aliphatic carbocycles. The van der Waals surface area contributed by atoms with Crippen LogP contribution in [0.25, 0.3) is 0 Å². The van der Waals surface area contributed by atoms with E-state index in [1.807, 2.05) is 0 Å². The van der Waals surface area contributed by atoms with E-state index >= 15 is 0 Å². The normalized spacial score (nSPS) is 15.1. The molecule has 0 unspecified atom stereocenters. The number of amides is 3. The number of benzene rings is 2. The second-order valence-electron chi connectivity index (χ2n) is 7.11. The highest BCUT2D eigenvalue weighted by Gasteiger charge is 2.36. The van der Waals surface area contributed by atoms with Crippen molar-refractivity contribution in [2.75, 3.05) is 32.7 Å². The van der Waals surface area contributed by atoms with Gasteiger partial charge in [-0.1, -0.05) is 0 Å². The Hall–Kier alpha value is -4.15. The van der Waals surface area contributed by atoms with Crippen LogP contribution in [0.5, 0.6) is 11.5 Å². The standard InChI is InChI=1S/C22H22FN3O7/c1-31-17-7-13(8-18(10-17)32-2)21(29)25-26-11-14(9-20(26)28)22(30)33-12-19(27)24-16-5-3-15(23)4-6-16/h3-8,10,14H,9,11-12H2,1-2H3,(H,24,27)(H,25,29)/t14-/m1/s1. The van der Waals surface area contributed by atoms with Crippen molar-refractivity contribution in [2.45, 2.75) is 6.42 Å². The number of anilines is 1. The van der Waals surface area contributed by atoms with Crippen LogP contribution < -0.4 is 20.2 Å². The predicted octanol–water partition coefficient (Wildman–Crippen LogP) is 1.52. The summed E-state index contributed by atoms with van der Waals surface area (Å²) >= 11 is 0. The Bertz CT molecular complexity index is 1040. The van der Waals surface area contributed by atoms with E-state index in [4.69, 9.17) is 14.2 Å². The van der Waals surface area contributed by atoms with E-state index in [9.17, 15) is 23.6 Å². The van der Waals surface area contributed by atoms with Gasteiger partial charge in [-0.2, -0.15) is 0 Å². The van der Waals surface area contributed by atoms with Crippen LogP contribution in [0.15, 0.2) is 42.5 Å². The topological polar surface area (TPSA) is 123 Å². The van der Waals surface area contributed by atoms with Gasteiger partial charge >= 0.3 is 5.97 Å². The van der Waals surface area contributed by atoms with Crippen LogP contribution in [0.2, 0.25) is 0 Å². The van der Waals surface area contributed by atoms with Crippen LogP contribution in [-0.2, 0) is 19.1 Å². The smallest absolute Gasteiger partial charge is 0.311 e. The maximum atomic E-state index is 12.9. The summed E-state index contributed by atoms with van der Waals surface area (Å²) in [5, 5.41) is 3.48. The number of esters is 1. The summed E-state index contributed by atoms with van der Waals surface area (Å²) in [6.45, 7) is -0.680. The molecule has 0 bridgehead atoms. The molecule has 10 nitrogen and oxygen atoms in total. The Labute approximate surface area is 188 Å². The molecule has 33 heavy (non-hydrogen) atoms. The first-order valence-electron chi connectivity index (χ1n) is 9.85. The molecule has 2 aromatic carbocycles. The van der Waals surface area contributed by atoms with Gasteiger partial charge < -0.3 is 19.5 Å². The minimum atomic E-state index is -0.851. The summed E-state index contributed by atoms with van der Waals surface area (Å²) < 4.78 is 28.1. The van der Waals surface area contributed by atoms with Gasteiger partial charge in [-0.3, -0.25) is 29.6 Å². The van der Waals surface area contributed by atoms with Crippen molar-refractivity contribution in [3.8, 4) is 11.5 Å². The molecule has 0 saturated carbocycles. The molecule has 3 rings (SSSR count). The number of hydrazine groups is 1. The van der Waals surface area contributed by atoms with Gasteiger partial charge in [-0.25, -0.2) is 4.39 Å². The Morgan fingerprint density at radius 3 is 2.30 bits per heavy atom. The Kier molecular flexibility index (Phi) is 7.44. The Morgan fingerprint density at radius 2 is 1.70 bits per heavy atom. The molecule has 174 valence electrons. The number of halogens is 1. The average molecular weight is 459 g/mol. The third kappa shape index (κ3) is 6.19. The molecule has 0 radical (unpaired) electrons. The molecule has 3 amide bonds. The second-order valence-corrected chi connectivity index (χ2v) is 7.11. The number of ether oxygens (including phenoxy) is 3. The molecular weight excluding hydrogens is 437 g/mol. The summed E-state index contributed by atoms with van der Waals surface area (Å²) in [4.78, 5) is 49.0. The second kappa shape index (κ2) is 10.4. The van der Waals surface area contributed by atoms with Crippen molar-refractivity contribution < 1.29 is 37.8 Å². The summed E-state index contributed by atoms with van der Waals surface area (Å²) in [5.74, 6) is -2.94. The molecule has 0 spiro atoms. The minimum absolute atomic E-state index is 0.107. The number of nitrogens with one attached hydrogen (secondary N) is 2. The van der Waals surface area contributed by atoms with Gasteiger partial charge in [0.15, 0.2) is 6.61 Å². The molecule has 2 N–H and O–H groups in total. The highest BCUT2D eigenvalue weighted by molar-refractivity contribution is 5.97. The number of hydrogen-bond acceptors (Lipinski definition) is 7. The monoisotopic (exact) mass is 459 g/mol. The number of methoxy groups -OCH3 is 2. The van der Waals surface area contributed by atoms with Gasteiger partial charge in [-0.05, 0) is 36.4 Å². The first-order valence-corrected chi connectivity index (χ1v) is 9.85. The van der Waals surface area contributed by atoms with Crippen molar-refractivity contribution in [3.63, 3.8) is 0 Å². The van der Waals surface area contributed by atoms with Crippen LogP contribution in [0.1, 0.15) is 16.8 Å². The van der Waals surface area contributed by atoms with Crippen molar-refractivity contribution >= 4 is 29.4 Å². The third-order valence-electron chi connectivity index (χ3n) is 4.78. The fourth-order valence-electron chi connectivity index (χ4n) is 3.08. The number of carbonyl (C=O) groups is 4. The van der Waals surface area contributed by atoms with Crippen LogP contribution in [-0.4, -0.2) is 56.1 Å². The lowest BCUT2D eigenvalue weighted by Gasteiger charge is -2.18. The van der Waals surface area contributed by atoms with Crippen LogP contribution in [0.3, 0.4) is 0 Å². The molecule has 0 aromatic heterocycles. The number of rotatable bonds is 8. The van der Waals surface area contributed by atoms with E-state index in [1.54, 1.807) is 6.07 Å². The minimum Gasteiger partial charge on any atom is -0.497 e. The third-order valence-corrected chi connectivity index (χ3v) is 4.78. The summed E-state index contributed by atoms with van der Waals surface area (Å²) in [6, 6.07) is 9.63. The van der Waals surface area contributed by atoms with Crippen molar-refractivity contribution in [1.82, 2.24) is 10.4 Å². The van der Waals surface area contributed by atoms with Crippen molar-refractivity contribution in [2.24, 2.45) is 5.92 Å². The molecule has 1 heterocycles. The zero-order valence-electron chi connectivity index (χ0n) is 17.9. The van der Waals surface area contributed by atoms with E-state index < -0.39 is 42.0 Å². The van der Waals surface area contributed by atoms with Crippen molar-refractivity contribution in [1.29, 1.82) is 0 Å². The van der Waals surface area contributed by atoms with Gasteiger partial charge in [0.05, 0.1) is 26.7 Å². The molecule has 2 aromatic rings. The van der Waals surface area contributed by atoms with E-state index in [2.05, 4.69) is 10.7 Å². The molecule has 1 saturated heterocycles. The lowest BCUT2D eigenvalue weighted by molar-refractivity contribution is -0.151. The lowest BCUT2D eigenvalue weighted by atomic mass is 10.1. The Morgan fingerprint density at radius 1 is 1.06 bits per heavy atom. The van der Waals surface area contributed by atoms with Gasteiger partial charge in [0.1, 0.15) is 17.3 Å². The average Bonchev–Trinajstić information content (AvgIpc) is 3.18. The van der Waals surface area contributed by atoms with Crippen LogP contribution in [0, 0.1) is 11.7 Å². The van der Waals surface area contributed by atoms with E-state index in [-0.39, 0.29) is 18.5 Å². The highest BCUT2D eigenvalue weighted by atomic mass is 19.1. The van der Waals surface area contributed by atoms with E-state index in [0.29, 0.717) is 17.2 Å². The SMILES string of the molecule is COc1cc(OC)cc(C(=O)NN2C[C@H](C(=O)OCC(=O)Nc3ccc(F)cc3)CC2=O)c1. The van der Waals surface area contributed by atoms with Gasteiger partial charge in [0.25, 0.3) is 11.8 Å². The molecule has 1 aliphatic heterocycles. The molecule has 1 fully saturated rings. The first-order chi connectivity index (χ1) is 15.8. The molecule has 11 heteroatoms. The van der Waals surface area contributed by atoms with E-state index in [1.165, 1.54) is 50.6 Å². The maximum Gasteiger partial charge on any atom is 0.311 e. The summed E-state index contributed by atoms with van der Waals surface area (Å²) in [6.07, 6.45) is -0.180. The number of hydrogen-bond donors (Lipinski definition) is 2.